The zero-order valence-corrected chi connectivity index (χ0v) is 12.9. The molecular formula is C17H17ClN2O2. The van der Waals surface area contributed by atoms with Crippen molar-refractivity contribution in [3.05, 3.63) is 47.2 Å². The number of halogens is 1. The van der Waals surface area contributed by atoms with Crippen LogP contribution in [0, 0.1) is 0 Å². The van der Waals surface area contributed by atoms with Gasteiger partial charge in [0, 0.05) is 42.8 Å². The van der Waals surface area contributed by atoms with Gasteiger partial charge in [-0.25, -0.2) is 0 Å². The molecule has 1 aromatic carbocycles. The Balaban J connectivity index is 1.56. The van der Waals surface area contributed by atoms with Gasteiger partial charge in [-0.15, -0.1) is 0 Å². The molecule has 114 valence electrons. The molecule has 0 spiro atoms. The number of fused-ring (bicyclic) bond motifs is 2. The van der Waals surface area contributed by atoms with Gasteiger partial charge in [0.05, 0.1) is 0 Å². The number of carbonyl (C=O) groups is 1. The fourth-order valence-corrected chi connectivity index (χ4v) is 3.46. The van der Waals surface area contributed by atoms with Crippen LogP contribution in [0.1, 0.15) is 17.0 Å². The quantitative estimate of drug-likeness (QED) is 0.854. The topological polar surface area (TPSA) is 36.7 Å². The molecule has 2 unspecified atom stereocenters. The highest BCUT2D eigenvalue weighted by atomic mass is 35.5. The Morgan fingerprint density at radius 3 is 2.73 bits per heavy atom. The van der Waals surface area contributed by atoms with Crippen LogP contribution in [0.15, 0.2) is 40.8 Å². The number of furan rings is 1. The van der Waals surface area contributed by atoms with Crippen molar-refractivity contribution in [2.75, 3.05) is 26.2 Å². The van der Waals surface area contributed by atoms with Crippen LogP contribution in [0.4, 0.5) is 0 Å². The Hall–Kier alpha value is -1.78. The second kappa shape index (κ2) is 5.45. The summed E-state index contributed by atoms with van der Waals surface area (Å²) in [6.07, 6.45) is 1.07. The summed E-state index contributed by atoms with van der Waals surface area (Å²) in [5.74, 6) is 1.13. The van der Waals surface area contributed by atoms with Gasteiger partial charge in [0.15, 0.2) is 5.76 Å². The minimum absolute atomic E-state index is 0.00626. The Kier molecular flexibility index (Phi) is 3.43. The van der Waals surface area contributed by atoms with E-state index in [-0.39, 0.29) is 5.91 Å². The van der Waals surface area contributed by atoms with E-state index >= 15 is 0 Å². The SMILES string of the molecule is O=C(c1ccc(-c2ccc(Cl)cc2)o1)N1CCN2CCC1C2. The molecule has 22 heavy (non-hydrogen) atoms. The van der Waals surface area contributed by atoms with Crippen LogP contribution in [0.2, 0.25) is 5.02 Å². The molecule has 0 N–H and O–H groups in total. The minimum Gasteiger partial charge on any atom is -0.451 e. The van der Waals surface area contributed by atoms with E-state index in [1.54, 1.807) is 6.07 Å². The van der Waals surface area contributed by atoms with Crippen molar-refractivity contribution in [3.63, 3.8) is 0 Å². The second-order valence-corrected chi connectivity index (χ2v) is 6.35. The van der Waals surface area contributed by atoms with Gasteiger partial charge in [-0.2, -0.15) is 0 Å². The summed E-state index contributed by atoms with van der Waals surface area (Å²) in [7, 11) is 0. The molecule has 0 saturated carbocycles. The Labute approximate surface area is 134 Å². The van der Waals surface area contributed by atoms with Gasteiger partial charge in [0.1, 0.15) is 5.76 Å². The van der Waals surface area contributed by atoms with Gasteiger partial charge in [-0.05, 0) is 42.8 Å². The molecule has 4 nitrogen and oxygen atoms in total. The van der Waals surface area contributed by atoms with Crippen LogP contribution < -0.4 is 0 Å². The first-order chi connectivity index (χ1) is 10.7. The number of rotatable bonds is 2. The number of benzene rings is 1. The average Bonchev–Trinajstić information content (AvgIpc) is 3.15. The van der Waals surface area contributed by atoms with Crippen LogP contribution in [-0.2, 0) is 0 Å². The number of piperazine rings is 1. The van der Waals surface area contributed by atoms with Crippen LogP contribution >= 0.6 is 11.6 Å². The van der Waals surface area contributed by atoms with Crippen LogP contribution in [0.25, 0.3) is 11.3 Å². The van der Waals surface area contributed by atoms with Crippen molar-refractivity contribution in [3.8, 4) is 11.3 Å². The Morgan fingerprint density at radius 2 is 1.91 bits per heavy atom. The number of hydrogen-bond donors (Lipinski definition) is 0. The molecule has 1 amide bonds. The van der Waals surface area contributed by atoms with Gasteiger partial charge >= 0.3 is 0 Å². The molecule has 2 fully saturated rings. The molecule has 2 bridgehead atoms. The van der Waals surface area contributed by atoms with Gasteiger partial charge in [0.25, 0.3) is 5.91 Å². The summed E-state index contributed by atoms with van der Waals surface area (Å²) in [4.78, 5) is 17.1. The van der Waals surface area contributed by atoms with Crippen molar-refractivity contribution < 1.29 is 9.21 Å². The maximum Gasteiger partial charge on any atom is 0.289 e. The zero-order chi connectivity index (χ0) is 15.1. The summed E-state index contributed by atoms with van der Waals surface area (Å²) in [5.41, 5.74) is 0.925. The maximum atomic E-state index is 12.7. The maximum absolute atomic E-state index is 12.7. The molecular weight excluding hydrogens is 300 g/mol. The van der Waals surface area contributed by atoms with Gasteiger partial charge < -0.3 is 9.32 Å². The van der Waals surface area contributed by atoms with Crippen molar-refractivity contribution >= 4 is 17.5 Å². The van der Waals surface area contributed by atoms with Gasteiger partial charge in [-0.3, -0.25) is 9.69 Å². The highest BCUT2D eigenvalue weighted by Gasteiger charge is 2.36. The summed E-state index contributed by atoms with van der Waals surface area (Å²) in [5, 5.41) is 0.686. The molecule has 2 aliphatic rings. The monoisotopic (exact) mass is 316 g/mol. The zero-order valence-electron chi connectivity index (χ0n) is 12.2. The lowest BCUT2D eigenvalue weighted by atomic mass is 10.2. The fourth-order valence-electron chi connectivity index (χ4n) is 3.33. The van der Waals surface area contributed by atoms with Crippen LogP contribution in [0.3, 0.4) is 0 Å². The summed E-state index contributed by atoms with van der Waals surface area (Å²) in [6.45, 7) is 3.85. The smallest absolute Gasteiger partial charge is 0.289 e. The first-order valence-electron chi connectivity index (χ1n) is 7.60. The van der Waals surface area contributed by atoms with Crippen LogP contribution in [-0.4, -0.2) is 47.9 Å². The molecule has 0 aliphatic carbocycles. The molecule has 0 radical (unpaired) electrons. The Morgan fingerprint density at radius 1 is 1.09 bits per heavy atom. The molecule has 2 aromatic rings. The number of amides is 1. The first-order valence-corrected chi connectivity index (χ1v) is 7.97. The summed E-state index contributed by atoms with van der Waals surface area (Å²) < 4.78 is 5.78. The molecule has 3 heterocycles. The molecule has 1 aromatic heterocycles. The molecule has 5 heteroatoms. The van der Waals surface area contributed by atoms with E-state index in [0.29, 0.717) is 22.6 Å². The lowest BCUT2D eigenvalue weighted by molar-refractivity contribution is 0.0578. The molecule has 2 atom stereocenters. The fraction of sp³-hybridized carbons (Fsp3) is 0.353. The van der Waals surface area contributed by atoms with Gasteiger partial charge in [-0.1, -0.05) is 11.6 Å². The number of carbonyl (C=O) groups excluding carboxylic acids is 1. The molecule has 2 saturated heterocycles. The Bertz CT molecular complexity index is 695. The van der Waals surface area contributed by atoms with Crippen molar-refractivity contribution in [1.82, 2.24) is 9.80 Å². The number of hydrogen-bond acceptors (Lipinski definition) is 3. The standard InChI is InChI=1S/C17H17ClN2O2/c18-13-3-1-12(2-4-13)15-5-6-16(22-15)17(21)20-10-9-19-8-7-14(20)11-19/h1-6,14H,7-11H2. The predicted molar refractivity (Wildman–Crippen MR) is 85.0 cm³/mol. The van der Waals surface area contributed by atoms with E-state index in [4.69, 9.17) is 16.0 Å². The lowest BCUT2D eigenvalue weighted by Gasteiger charge is -2.33. The van der Waals surface area contributed by atoms with E-state index in [1.165, 1.54) is 0 Å². The third kappa shape index (κ3) is 2.42. The normalized spacial score (nSPS) is 23.8. The highest BCUT2D eigenvalue weighted by molar-refractivity contribution is 6.30. The lowest BCUT2D eigenvalue weighted by Crippen LogP contribution is -2.49. The third-order valence-electron chi connectivity index (χ3n) is 4.55. The largest absolute Gasteiger partial charge is 0.451 e. The molecule has 2 aliphatic heterocycles. The first kappa shape index (κ1) is 13.9. The van der Waals surface area contributed by atoms with Crippen molar-refractivity contribution in [2.45, 2.75) is 12.5 Å². The summed E-state index contributed by atoms with van der Waals surface area (Å²) in [6, 6.07) is 11.4. The van der Waals surface area contributed by atoms with Crippen molar-refractivity contribution in [2.24, 2.45) is 0 Å². The average molecular weight is 317 g/mol. The number of nitrogens with zero attached hydrogens (tertiary/aromatic N) is 2. The second-order valence-electron chi connectivity index (χ2n) is 5.91. The van der Waals surface area contributed by atoms with Crippen molar-refractivity contribution in [1.29, 1.82) is 0 Å². The minimum atomic E-state index is 0.00626. The van der Waals surface area contributed by atoms with E-state index in [9.17, 15) is 4.79 Å². The van der Waals surface area contributed by atoms with E-state index in [0.717, 1.165) is 38.2 Å². The predicted octanol–water partition coefficient (Wildman–Crippen LogP) is 3.13. The third-order valence-corrected chi connectivity index (χ3v) is 4.80. The van der Waals surface area contributed by atoms with E-state index in [1.807, 2.05) is 35.2 Å². The van der Waals surface area contributed by atoms with E-state index < -0.39 is 0 Å². The van der Waals surface area contributed by atoms with Gasteiger partial charge in [0.2, 0.25) is 0 Å². The summed E-state index contributed by atoms with van der Waals surface area (Å²) >= 11 is 5.90. The molecule has 4 rings (SSSR count). The van der Waals surface area contributed by atoms with Crippen LogP contribution in [0.5, 0.6) is 0 Å². The van der Waals surface area contributed by atoms with E-state index in [2.05, 4.69) is 4.90 Å². The highest BCUT2D eigenvalue weighted by Crippen LogP contribution is 2.27.